The van der Waals surface area contributed by atoms with Crippen molar-refractivity contribution >= 4 is 17.0 Å². The van der Waals surface area contributed by atoms with Crippen LogP contribution in [0.25, 0.3) is 0 Å². The number of fused-ring (bicyclic) bond motifs is 1. The zero-order valence-corrected chi connectivity index (χ0v) is 13.0. The summed E-state index contributed by atoms with van der Waals surface area (Å²) in [5.41, 5.74) is 2.25. The SMILES string of the molecule is OC(CO/N=C1\CCCc2sccc21)CN1CCOCC1. The van der Waals surface area contributed by atoms with Crippen LogP contribution < -0.4 is 0 Å². The van der Waals surface area contributed by atoms with Gasteiger partial charge in [-0.2, -0.15) is 0 Å². The zero-order valence-electron chi connectivity index (χ0n) is 12.2. The molecular formula is C15H22N2O3S. The fraction of sp³-hybridized carbons (Fsp3) is 0.667. The third-order valence-corrected chi connectivity index (χ3v) is 4.87. The van der Waals surface area contributed by atoms with Gasteiger partial charge in [-0.25, -0.2) is 0 Å². The molecule has 1 N–H and O–H groups in total. The third-order valence-electron chi connectivity index (χ3n) is 3.89. The number of ether oxygens (including phenoxy) is 1. The lowest BCUT2D eigenvalue weighted by molar-refractivity contribution is -0.0131. The molecule has 3 rings (SSSR count). The van der Waals surface area contributed by atoms with Crippen molar-refractivity contribution in [2.75, 3.05) is 39.5 Å². The summed E-state index contributed by atoms with van der Waals surface area (Å²) in [4.78, 5) is 8.98. The quantitative estimate of drug-likeness (QED) is 0.838. The Bertz CT molecular complexity index is 483. The number of hydrogen-bond donors (Lipinski definition) is 1. The molecule has 2 aliphatic rings. The van der Waals surface area contributed by atoms with Gasteiger partial charge >= 0.3 is 0 Å². The van der Waals surface area contributed by atoms with Crippen LogP contribution in [-0.4, -0.2) is 61.3 Å². The molecule has 116 valence electrons. The van der Waals surface area contributed by atoms with Crippen molar-refractivity contribution in [2.24, 2.45) is 5.16 Å². The number of aliphatic hydroxyl groups is 1. The first-order valence-corrected chi connectivity index (χ1v) is 8.44. The van der Waals surface area contributed by atoms with Crippen molar-refractivity contribution in [1.82, 2.24) is 4.90 Å². The number of thiophene rings is 1. The summed E-state index contributed by atoms with van der Waals surface area (Å²) in [5, 5.41) is 16.4. The second-order valence-corrected chi connectivity index (χ2v) is 6.51. The van der Waals surface area contributed by atoms with Crippen molar-refractivity contribution in [2.45, 2.75) is 25.4 Å². The van der Waals surface area contributed by atoms with Gasteiger partial charge in [0.15, 0.2) is 0 Å². The van der Waals surface area contributed by atoms with E-state index in [2.05, 4.69) is 21.5 Å². The lowest BCUT2D eigenvalue weighted by Crippen LogP contribution is -2.42. The first-order valence-electron chi connectivity index (χ1n) is 7.56. The summed E-state index contributed by atoms with van der Waals surface area (Å²) in [6.45, 7) is 4.12. The number of morpholine rings is 1. The van der Waals surface area contributed by atoms with Gasteiger partial charge < -0.3 is 14.7 Å². The van der Waals surface area contributed by atoms with Crippen LogP contribution in [0.15, 0.2) is 16.6 Å². The Labute approximate surface area is 129 Å². The van der Waals surface area contributed by atoms with Gasteiger partial charge in [-0.05, 0) is 30.7 Å². The van der Waals surface area contributed by atoms with Gasteiger partial charge in [-0.15, -0.1) is 11.3 Å². The molecular weight excluding hydrogens is 288 g/mol. The topological polar surface area (TPSA) is 54.3 Å². The van der Waals surface area contributed by atoms with Crippen LogP contribution >= 0.6 is 11.3 Å². The van der Waals surface area contributed by atoms with Crippen LogP contribution in [-0.2, 0) is 16.0 Å². The summed E-state index contributed by atoms with van der Waals surface area (Å²) in [7, 11) is 0. The van der Waals surface area contributed by atoms with Crippen molar-refractivity contribution in [3.8, 4) is 0 Å². The second-order valence-electron chi connectivity index (χ2n) is 5.51. The maximum atomic E-state index is 10.0. The van der Waals surface area contributed by atoms with Crippen molar-refractivity contribution in [3.05, 3.63) is 21.9 Å². The predicted octanol–water partition coefficient (Wildman–Crippen LogP) is 1.50. The van der Waals surface area contributed by atoms with Gasteiger partial charge in [0.25, 0.3) is 0 Å². The predicted molar refractivity (Wildman–Crippen MR) is 83.0 cm³/mol. The Kier molecular flexibility index (Phi) is 5.24. The average molecular weight is 310 g/mol. The molecule has 1 aromatic rings. The number of β-amino-alcohol motifs (C(OH)–C–C–N with tert-alkyl or cyclic N) is 1. The highest BCUT2D eigenvalue weighted by molar-refractivity contribution is 7.10. The minimum Gasteiger partial charge on any atom is -0.393 e. The fourth-order valence-corrected chi connectivity index (χ4v) is 3.72. The Morgan fingerprint density at radius 2 is 2.24 bits per heavy atom. The van der Waals surface area contributed by atoms with Crippen molar-refractivity contribution in [1.29, 1.82) is 0 Å². The van der Waals surface area contributed by atoms with Gasteiger partial charge in [0.2, 0.25) is 0 Å². The van der Waals surface area contributed by atoms with E-state index < -0.39 is 6.10 Å². The highest BCUT2D eigenvalue weighted by Gasteiger charge is 2.18. The highest BCUT2D eigenvalue weighted by atomic mass is 32.1. The Balaban J connectivity index is 1.46. The second kappa shape index (κ2) is 7.35. The van der Waals surface area contributed by atoms with E-state index in [1.54, 1.807) is 11.3 Å². The number of nitrogens with zero attached hydrogens (tertiary/aromatic N) is 2. The number of oxime groups is 1. The first kappa shape index (κ1) is 15.0. The van der Waals surface area contributed by atoms with E-state index in [1.807, 2.05) is 0 Å². The number of rotatable bonds is 5. The monoisotopic (exact) mass is 310 g/mol. The van der Waals surface area contributed by atoms with Crippen LogP contribution in [0.4, 0.5) is 0 Å². The standard InChI is InChI=1S/C15H22N2O3S/c18-12(10-17-5-7-19-8-6-17)11-20-16-14-2-1-3-15-13(14)4-9-21-15/h4,9,12,18H,1-3,5-8,10-11H2/b16-14+. The molecule has 0 bridgehead atoms. The molecule has 1 aliphatic heterocycles. The average Bonchev–Trinajstić information content (AvgIpc) is 2.97. The van der Waals surface area contributed by atoms with Gasteiger partial charge in [0, 0.05) is 30.1 Å². The van der Waals surface area contributed by atoms with Crippen LogP contribution in [0, 0.1) is 0 Å². The molecule has 0 saturated carbocycles. The fourth-order valence-electron chi connectivity index (χ4n) is 2.77. The van der Waals surface area contributed by atoms with Crippen LogP contribution in [0.1, 0.15) is 23.3 Å². The minimum atomic E-state index is -0.502. The van der Waals surface area contributed by atoms with Gasteiger partial charge in [-0.3, -0.25) is 4.90 Å². The van der Waals surface area contributed by atoms with Crippen LogP contribution in [0.3, 0.4) is 0 Å². The first-order chi connectivity index (χ1) is 10.3. The van der Waals surface area contributed by atoms with Crippen LogP contribution in [0.5, 0.6) is 0 Å². The molecule has 1 aliphatic carbocycles. The Morgan fingerprint density at radius 1 is 1.38 bits per heavy atom. The molecule has 0 aromatic carbocycles. The third kappa shape index (κ3) is 4.03. The van der Waals surface area contributed by atoms with E-state index in [1.165, 1.54) is 10.4 Å². The minimum absolute atomic E-state index is 0.250. The molecule has 0 amide bonds. The summed E-state index contributed by atoms with van der Waals surface area (Å²) >= 11 is 1.79. The molecule has 5 nitrogen and oxygen atoms in total. The lowest BCUT2D eigenvalue weighted by Gasteiger charge is -2.28. The molecule has 1 unspecified atom stereocenters. The van der Waals surface area contributed by atoms with E-state index >= 15 is 0 Å². The molecule has 0 radical (unpaired) electrons. The van der Waals surface area contributed by atoms with E-state index in [9.17, 15) is 5.11 Å². The van der Waals surface area contributed by atoms with E-state index in [4.69, 9.17) is 9.57 Å². The maximum Gasteiger partial charge on any atom is 0.144 e. The lowest BCUT2D eigenvalue weighted by atomic mass is 9.97. The Hall–Kier alpha value is -0.950. The van der Waals surface area contributed by atoms with Crippen LogP contribution in [0.2, 0.25) is 0 Å². The van der Waals surface area contributed by atoms with Crippen molar-refractivity contribution in [3.63, 3.8) is 0 Å². The van der Waals surface area contributed by atoms with E-state index in [-0.39, 0.29) is 6.61 Å². The molecule has 1 saturated heterocycles. The zero-order chi connectivity index (χ0) is 14.5. The highest BCUT2D eigenvalue weighted by Crippen LogP contribution is 2.26. The molecule has 0 spiro atoms. The van der Waals surface area contributed by atoms with Gasteiger partial charge in [-0.1, -0.05) is 5.16 Å². The number of aliphatic hydroxyl groups excluding tert-OH is 1. The smallest absolute Gasteiger partial charge is 0.144 e. The summed E-state index contributed by atoms with van der Waals surface area (Å²) in [6.07, 6.45) is 2.74. The molecule has 1 fully saturated rings. The molecule has 2 heterocycles. The molecule has 21 heavy (non-hydrogen) atoms. The molecule has 1 atom stereocenters. The number of aryl methyl sites for hydroxylation is 1. The van der Waals surface area contributed by atoms with Gasteiger partial charge in [0.1, 0.15) is 12.7 Å². The van der Waals surface area contributed by atoms with E-state index in [0.29, 0.717) is 6.54 Å². The van der Waals surface area contributed by atoms with Crippen molar-refractivity contribution < 1.29 is 14.7 Å². The summed E-state index contributed by atoms with van der Waals surface area (Å²) < 4.78 is 5.29. The molecule has 6 heteroatoms. The molecule has 1 aromatic heterocycles. The van der Waals surface area contributed by atoms with Gasteiger partial charge in [0.05, 0.1) is 18.9 Å². The summed E-state index contributed by atoms with van der Waals surface area (Å²) in [6, 6.07) is 2.12. The number of hydrogen-bond acceptors (Lipinski definition) is 6. The largest absolute Gasteiger partial charge is 0.393 e. The summed E-state index contributed by atoms with van der Waals surface area (Å²) in [5.74, 6) is 0. The Morgan fingerprint density at radius 3 is 3.10 bits per heavy atom. The normalized spacial score (nSPS) is 23.0. The maximum absolute atomic E-state index is 10.0. The van der Waals surface area contributed by atoms with E-state index in [0.717, 1.165) is 51.3 Å².